The van der Waals surface area contributed by atoms with Gasteiger partial charge in [0.15, 0.2) is 0 Å². The lowest BCUT2D eigenvalue weighted by atomic mass is 9.64. The molecule has 1 N–H and O–H groups in total. The Morgan fingerprint density at radius 3 is 2.21 bits per heavy atom. The number of benzene rings is 2. The number of aliphatic hydroxyl groups is 1. The maximum Gasteiger partial charge on any atom is 0.0860 e. The molecule has 0 aromatic heterocycles. The van der Waals surface area contributed by atoms with Gasteiger partial charge >= 0.3 is 0 Å². The Hall–Kier alpha value is -1.86. The molecule has 0 radical (unpaired) electrons. The first kappa shape index (κ1) is 20.9. The molecule has 1 saturated carbocycles. The van der Waals surface area contributed by atoms with Crippen LogP contribution in [0.2, 0.25) is 0 Å². The molecule has 1 heteroatoms. The van der Waals surface area contributed by atoms with Crippen LogP contribution in [0.15, 0.2) is 54.1 Å². The second-order valence-electron chi connectivity index (χ2n) is 9.13. The van der Waals surface area contributed by atoms with Crippen molar-refractivity contribution in [2.24, 2.45) is 0 Å². The third-order valence-corrected chi connectivity index (χ3v) is 7.02. The van der Waals surface area contributed by atoms with E-state index in [9.17, 15) is 5.11 Å². The lowest BCUT2D eigenvalue weighted by Crippen LogP contribution is -2.41. The number of rotatable bonds is 5. The van der Waals surface area contributed by atoms with Crippen LogP contribution in [-0.4, -0.2) is 10.7 Å². The molecule has 0 spiro atoms. The van der Waals surface area contributed by atoms with Crippen molar-refractivity contribution in [3.63, 3.8) is 0 Å². The van der Waals surface area contributed by atoms with Crippen molar-refractivity contribution < 1.29 is 5.11 Å². The monoisotopic (exact) mass is 376 g/mol. The molecule has 2 aromatic carbocycles. The summed E-state index contributed by atoms with van der Waals surface area (Å²) >= 11 is 0. The lowest BCUT2D eigenvalue weighted by molar-refractivity contribution is 0.0193. The molecule has 0 aliphatic heterocycles. The predicted molar refractivity (Wildman–Crippen MR) is 121 cm³/mol. The van der Waals surface area contributed by atoms with Gasteiger partial charge in [0.05, 0.1) is 5.60 Å². The van der Waals surface area contributed by atoms with Crippen LogP contribution in [0.4, 0.5) is 0 Å². The molecule has 0 unspecified atom stereocenters. The molecule has 0 amide bonds. The van der Waals surface area contributed by atoms with Gasteiger partial charge in [0.1, 0.15) is 0 Å². The molecule has 0 atom stereocenters. The molecule has 28 heavy (non-hydrogen) atoms. The van der Waals surface area contributed by atoms with Gasteiger partial charge in [-0.05, 0) is 86.1 Å². The van der Waals surface area contributed by atoms with Crippen LogP contribution in [0.3, 0.4) is 0 Å². The summed E-state index contributed by atoms with van der Waals surface area (Å²) < 4.78 is 0. The van der Waals surface area contributed by atoms with Gasteiger partial charge in [0.25, 0.3) is 0 Å². The molecule has 2 aromatic rings. The molecule has 150 valence electrons. The van der Waals surface area contributed by atoms with Crippen LogP contribution in [0, 0.1) is 13.8 Å². The van der Waals surface area contributed by atoms with E-state index in [1.807, 2.05) is 0 Å². The van der Waals surface area contributed by atoms with E-state index < -0.39 is 5.60 Å². The largest absolute Gasteiger partial charge is 0.386 e. The number of hydrogen-bond acceptors (Lipinski definition) is 1. The van der Waals surface area contributed by atoms with Gasteiger partial charge in [-0.1, -0.05) is 74.4 Å². The van der Waals surface area contributed by atoms with Crippen LogP contribution in [0.25, 0.3) is 5.57 Å². The smallest absolute Gasteiger partial charge is 0.0860 e. The first-order valence-electron chi connectivity index (χ1n) is 10.8. The summed E-state index contributed by atoms with van der Waals surface area (Å²) in [5, 5.41) is 11.7. The summed E-state index contributed by atoms with van der Waals surface area (Å²) in [6.07, 6.45) is 5.84. The van der Waals surface area contributed by atoms with E-state index in [1.165, 1.54) is 33.4 Å². The van der Waals surface area contributed by atoms with Gasteiger partial charge in [-0.2, -0.15) is 0 Å². The zero-order valence-electron chi connectivity index (χ0n) is 18.3. The summed E-state index contributed by atoms with van der Waals surface area (Å²) in [6.45, 7) is 11.1. The van der Waals surface area contributed by atoms with Crippen molar-refractivity contribution in [2.75, 3.05) is 0 Å². The Morgan fingerprint density at radius 2 is 1.61 bits per heavy atom. The number of aryl methyl sites for hydroxylation is 2. The average Bonchev–Trinajstić information content (AvgIpc) is 2.71. The highest BCUT2D eigenvalue weighted by molar-refractivity contribution is 5.72. The minimum Gasteiger partial charge on any atom is -0.386 e. The third kappa shape index (κ3) is 4.10. The molecule has 0 bridgehead atoms. The zero-order chi connectivity index (χ0) is 20.4. The first-order valence-corrected chi connectivity index (χ1v) is 10.8. The van der Waals surface area contributed by atoms with Crippen molar-refractivity contribution in [3.8, 4) is 0 Å². The van der Waals surface area contributed by atoms with Gasteiger partial charge < -0.3 is 5.11 Å². The van der Waals surface area contributed by atoms with E-state index in [0.717, 1.165) is 38.5 Å². The van der Waals surface area contributed by atoms with Crippen molar-refractivity contribution in [2.45, 2.75) is 84.2 Å². The second-order valence-corrected chi connectivity index (χ2v) is 9.13. The Bertz CT molecular complexity index is 836. The average molecular weight is 377 g/mol. The summed E-state index contributed by atoms with van der Waals surface area (Å²) in [6, 6.07) is 17.5. The highest BCUT2D eigenvalue weighted by atomic mass is 16.3. The van der Waals surface area contributed by atoms with E-state index >= 15 is 0 Å². The molecular formula is C27H36O. The fraction of sp³-hybridized carbons (Fsp3) is 0.481. The standard InChI is InChI=1S/C27H36O/c1-6-10-24(25-19-20(2)13-14-21(25)3)22(4)27(28)17-15-26(5,16-18-27)23-11-8-7-9-12-23/h7-9,11-14,19,28H,6,10,15-18H2,1-5H3/b24-22+/t26-,27+. The highest BCUT2D eigenvalue weighted by Crippen LogP contribution is 2.47. The van der Waals surface area contributed by atoms with Crippen molar-refractivity contribution in [3.05, 3.63) is 76.4 Å². The van der Waals surface area contributed by atoms with Gasteiger partial charge in [-0.25, -0.2) is 0 Å². The van der Waals surface area contributed by atoms with E-state index in [2.05, 4.69) is 83.1 Å². The van der Waals surface area contributed by atoms with E-state index in [0.29, 0.717) is 0 Å². The quantitative estimate of drug-likeness (QED) is 0.588. The lowest BCUT2D eigenvalue weighted by Gasteiger charge is -2.44. The topological polar surface area (TPSA) is 20.2 Å². The number of hydrogen-bond donors (Lipinski definition) is 1. The first-order chi connectivity index (χ1) is 13.3. The fourth-order valence-electron chi connectivity index (χ4n) is 4.84. The molecule has 1 aliphatic carbocycles. The minimum absolute atomic E-state index is 0.165. The molecular weight excluding hydrogens is 340 g/mol. The molecule has 3 rings (SSSR count). The SMILES string of the molecule is CCC/C(c1cc(C)ccc1C)=C(/C)[C@]1(O)CC[C@@](C)(c2ccccc2)CC1. The van der Waals surface area contributed by atoms with Gasteiger partial charge in [-0.3, -0.25) is 0 Å². The van der Waals surface area contributed by atoms with Gasteiger partial charge in [0, 0.05) is 0 Å². The molecule has 0 saturated heterocycles. The Kier molecular flexibility index (Phi) is 6.15. The summed E-state index contributed by atoms with van der Waals surface area (Å²) in [4.78, 5) is 0. The molecule has 0 heterocycles. The fourth-order valence-corrected chi connectivity index (χ4v) is 4.84. The predicted octanol–water partition coefficient (Wildman–Crippen LogP) is 7.14. The Balaban J connectivity index is 1.93. The minimum atomic E-state index is -0.686. The Morgan fingerprint density at radius 1 is 0.964 bits per heavy atom. The molecule has 1 nitrogen and oxygen atoms in total. The number of allylic oxidation sites excluding steroid dienone is 1. The maximum absolute atomic E-state index is 11.7. The van der Waals surface area contributed by atoms with E-state index in [4.69, 9.17) is 0 Å². The van der Waals surface area contributed by atoms with Gasteiger partial charge in [0.2, 0.25) is 0 Å². The zero-order valence-corrected chi connectivity index (χ0v) is 18.3. The summed E-state index contributed by atoms with van der Waals surface area (Å²) in [5.41, 5.74) is 7.35. The van der Waals surface area contributed by atoms with E-state index in [1.54, 1.807) is 0 Å². The van der Waals surface area contributed by atoms with Gasteiger partial charge in [-0.15, -0.1) is 0 Å². The van der Waals surface area contributed by atoms with Crippen molar-refractivity contribution >= 4 is 5.57 Å². The van der Waals surface area contributed by atoms with Crippen molar-refractivity contribution in [1.82, 2.24) is 0 Å². The Labute approximate surface area is 171 Å². The summed E-state index contributed by atoms with van der Waals surface area (Å²) in [5.74, 6) is 0. The highest BCUT2D eigenvalue weighted by Gasteiger charge is 2.41. The van der Waals surface area contributed by atoms with Crippen LogP contribution in [-0.2, 0) is 5.41 Å². The summed E-state index contributed by atoms with van der Waals surface area (Å²) in [7, 11) is 0. The van der Waals surface area contributed by atoms with E-state index in [-0.39, 0.29) is 5.41 Å². The second kappa shape index (κ2) is 8.25. The van der Waals surface area contributed by atoms with Crippen LogP contribution in [0.1, 0.15) is 81.5 Å². The normalized spacial score (nSPS) is 26.1. The molecule has 1 fully saturated rings. The maximum atomic E-state index is 11.7. The van der Waals surface area contributed by atoms with Crippen LogP contribution >= 0.6 is 0 Å². The molecule has 1 aliphatic rings. The van der Waals surface area contributed by atoms with Crippen LogP contribution in [0.5, 0.6) is 0 Å². The van der Waals surface area contributed by atoms with Crippen molar-refractivity contribution in [1.29, 1.82) is 0 Å². The van der Waals surface area contributed by atoms with Crippen LogP contribution < -0.4 is 0 Å². The third-order valence-electron chi connectivity index (χ3n) is 7.02.